The molecule has 2 aliphatic rings. The molecule has 0 aliphatic carbocycles. The molecule has 0 radical (unpaired) electrons. The number of piperazine rings is 1. The summed E-state index contributed by atoms with van der Waals surface area (Å²) >= 11 is 0. The smallest absolute Gasteiger partial charge is 0.224 e. The largest absolute Gasteiger partial charge is 0.364 e. The number of hydrogen-bond donors (Lipinski definition) is 1. The third-order valence-corrected chi connectivity index (χ3v) is 4.93. The lowest BCUT2D eigenvalue weighted by Crippen LogP contribution is -2.52. The zero-order valence-electron chi connectivity index (χ0n) is 16.1. The molecule has 27 heavy (non-hydrogen) atoms. The Hall–Kier alpha value is -1.36. The van der Waals surface area contributed by atoms with E-state index in [-0.39, 0.29) is 29.9 Å². The Bertz CT molecular complexity index is 581. The molecule has 1 aromatic rings. The number of hydrogen-bond acceptors (Lipinski definition) is 5. The summed E-state index contributed by atoms with van der Waals surface area (Å²) in [6.07, 6.45) is 4.39. The van der Waals surface area contributed by atoms with Gasteiger partial charge in [-0.05, 0) is 19.8 Å². The first-order valence-electron chi connectivity index (χ1n) is 9.69. The van der Waals surface area contributed by atoms with E-state index in [0.29, 0.717) is 13.0 Å². The minimum atomic E-state index is 0. The number of carbonyl (C=O) groups is 1. The highest BCUT2D eigenvalue weighted by Crippen LogP contribution is 2.10. The van der Waals surface area contributed by atoms with Crippen molar-refractivity contribution >= 4 is 35.8 Å². The Morgan fingerprint density at radius 3 is 2.56 bits per heavy atom. The molecule has 0 aromatic carbocycles. The van der Waals surface area contributed by atoms with Crippen molar-refractivity contribution in [3.8, 4) is 0 Å². The lowest BCUT2D eigenvalue weighted by atomic mass is 10.3. The molecule has 8 nitrogen and oxygen atoms in total. The molecule has 0 atom stereocenters. The SMILES string of the molecule is CCNC(=NCCC(=O)N1CCCC1)N1CCN(Cc2ccon2)CC1.I. The molecule has 1 N–H and O–H groups in total. The maximum Gasteiger partial charge on any atom is 0.224 e. The zero-order valence-corrected chi connectivity index (χ0v) is 18.4. The molecule has 152 valence electrons. The highest BCUT2D eigenvalue weighted by molar-refractivity contribution is 14.0. The zero-order chi connectivity index (χ0) is 18.2. The average molecular weight is 490 g/mol. The van der Waals surface area contributed by atoms with Gasteiger partial charge in [-0.2, -0.15) is 0 Å². The van der Waals surface area contributed by atoms with Crippen molar-refractivity contribution in [1.29, 1.82) is 0 Å². The molecule has 1 amide bonds. The van der Waals surface area contributed by atoms with E-state index in [1.165, 1.54) is 0 Å². The standard InChI is InChI=1S/C18H30N6O2.HI/c1-2-19-18(20-7-5-17(25)23-8-3-4-9-23)24-12-10-22(11-13-24)15-16-6-14-26-21-16;/h6,14H,2-5,7-13,15H2,1H3,(H,19,20);1H. The third kappa shape index (κ3) is 6.63. The molecule has 0 unspecified atom stereocenters. The van der Waals surface area contributed by atoms with Crippen LogP contribution in [0.4, 0.5) is 0 Å². The molecule has 0 spiro atoms. The van der Waals surface area contributed by atoms with Crippen LogP contribution in [0.25, 0.3) is 0 Å². The van der Waals surface area contributed by atoms with Crippen molar-refractivity contribution in [3.05, 3.63) is 18.0 Å². The maximum absolute atomic E-state index is 12.2. The van der Waals surface area contributed by atoms with Gasteiger partial charge in [-0.15, -0.1) is 24.0 Å². The molecule has 3 rings (SSSR count). The number of aliphatic imine (C=N–C) groups is 1. The molecule has 2 saturated heterocycles. The molecule has 2 aliphatic heterocycles. The summed E-state index contributed by atoms with van der Waals surface area (Å²) in [6, 6.07) is 1.91. The van der Waals surface area contributed by atoms with Crippen LogP contribution in [0.5, 0.6) is 0 Å². The topological polar surface area (TPSA) is 77.2 Å². The fraction of sp³-hybridized carbons (Fsp3) is 0.722. The molecule has 2 fully saturated rings. The Kier molecular flexibility index (Phi) is 9.32. The quantitative estimate of drug-likeness (QED) is 0.369. The number of nitrogens with zero attached hydrogens (tertiary/aromatic N) is 5. The highest BCUT2D eigenvalue weighted by Gasteiger charge is 2.21. The molecule has 0 bridgehead atoms. The number of nitrogens with one attached hydrogen (secondary N) is 1. The molecule has 9 heteroatoms. The summed E-state index contributed by atoms with van der Waals surface area (Å²) in [5, 5.41) is 7.34. The Morgan fingerprint density at radius 1 is 1.19 bits per heavy atom. The summed E-state index contributed by atoms with van der Waals surface area (Å²) in [7, 11) is 0. The molecular weight excluding hydrogens is 459 g/mol. The van der Waals surface area contributed by atoms with Crippen LogP contribution in [0.15, 0.2) is 21.8 Å². The summed E-state index contributed by atoms with van der Waals surface area (Å²) in [5.41, 5.74) is 0.972. The number of rotatable bonds is 6. The normalized spacial score (nSPS) is 18.5. The number of aromatic nitrogens is 1. The van der Waals surface area contributed by atoms with Crippen LogP contribution < -0.4 is 5.32 Å². The van der Waals surface area contributed by atoms with Crippen LogP contribution >= 0.6 is 24.0 Å². The van der Waals surface area contributed by atoms with Crippen LogP contribution in [0.1, 0.15) is 31.9 Å². The van der Waals surface area contributed by atoms with Gasteiger partial charge in [0.1, 0.15) is 6.26 Å². The Labute approximate surface area is 178 Å². The van der Waals surface area contributed by atoms with Crippen LogP contribution in [0, 0.1) is 0 Å². The van der Waals surface area contributed by atoms with Gasteiger partial charge in [-0.1, -0.05) is 5.16 Å². The van der Waals surface area contributed by atoms with Crippen LogP contribution in [-0.4, -0.2) is 84.1 Å². The van der Waals surface area contributed by atoms with Gasteiger partial charge in [0.05, 0.1) is 12.2 Å². The predicted octanol–water partition coefficient (Wildman–Crippen LogP) is 1.39. The summed E-state index contributed by atoms with van der Waals surface area (Å²) < 4.78 is 4.90. The van der Waals surface area contributed by atoms with Gasteiger partial charge in [-0.25, -0.2) is 0 Å². The second-order valence-corrected chi connectivity index (χ2v) is 6.83. The van der Waals surface area contributed by atoms with Gasteiger partial charge in [0.25, 0.3) is 0 Å². The van der Waals surface area contributed by atoms with E-state index in [1.54, 1.807) is 6.26 Å². The fourth-order valence-electron chi connectivity index (χ4n) is 3.47. The van der Waals surface area contributed by atoms with Crippen molar-refractivity contribution < 1.29 is 9.32 Å². The van der Waals surface area contributed by atoms with E-state index < -0.39 is 0 Å². The second kappa shape index (κ2) is 11.5. The van der Waals surface area contributed by atoms with E-state index in [4.69, 9.17) is 4.52 Å². The second-order valence-electron chi connectivity index (χ2n) is 6.83. The Morgan fingerprint density at radius 2 is 1.93 bits per heavy atom. The fourth-order valence-corrected chi connectivity index (χ4v) is 3.47. The minimum absolute atomic E-state index is 0. The van der Waals surface area contributed by atoms with E-state index >= 15 is 0 Å². The van der Waals surface area contributed by atoms with Gasteiger partial charge in [0, 0.05) is 64.8 Å². The summed E-state index contributed by atoms with van der Waals surface area (Å²) in [4.78, 5) is 23.5. The van der Waals surface area contributed by atoms with Gasteiger partial charge in [0.15, 0.2) is 5.96 Å². The molecular formula is C18H31IN6O2. The average Bonchev–Trinajstić information content (AvgIpc) is 3.35. The summed E-state index contributed by atoms with van der Waals surface area (Å²) in [5.74, 6) is 1.15. The lowest BCUT2D eigenvalue weighted by Gasteiger charge is -2.36. The van der Waals surface area contributed by atoms with Crippen molar-refractivity contribution in [2.75, 3.05) is 52.4 Å². The number of amides is 1. The molecule has 1 aromatic heterocycles. The van der Waals surface area contributed by atoms with Crippen molar-refractivity contribution in [2.45, 2.75) is 32.7 Å². The first kappa shape index (κ1) is 21.9. The van der Waals surface area contributed by atoms with Crippen LogP contribution in [0.2, 0.25) is 0 Å². The minimum Gasteiger partial charge on any atom is -0.364 e. The van der Waals surface area contributed by atoms with Crippen molar-refractivity contribution in [3.63, 3.8) is 0 Å². The predicted molar refractivity (Wildman–Crippen MR) is 115 cm³/mol. The van der Waals surface area contributed by atoms with Gasteiger partial charge in [0.2, 0.25) is 5.91 Å². The first-order valence-corrected chi connectivity index (χ1v) is 9.69. The van der Waals surface area contributed by atoms with Crippen LogP contribution in [-0.2, 0) is 11.3 Å². The van der Waals surface area contributed by atoms with E-state index in [2.05, 4.69) is 32.2 Å². The van der Waals surface area contributed by atoms with Crippen molar-refractivity contribution in [2.24, 2.45) is 4.99 Å². The van der Waals surface area contributed by atoms with E-state index in [9.17, 15) is 4.79 Å². The number of halogens is 1. The number of carbonyl (C=O) groups excluding carboxylic acids is 1. The van der Waals surface area contributed by atoms with Gasteiger partial charge in [-0.3, -0.25) is 14.7 Å². The summed E-state index contributed by atoms with van der Waals surface area (Å²) in [6.45, 7) is 9.87. The number of guanidine groups is 1. The van der Waals surface area contributed by atoms with Gasteiger partial charge >= 0.3 is 0 Å². The van der Waals surface area contributed by atoms with Crippen molar-refractivity contribution in [1.82, 2.24) is 25.2 Å². The monoisotopic (exact) mass is 490 g/mol. The lowest BCUT2D eigenvalue weighted by molar-refractivity contribution is -0.129. The van der Waals surface area contributed by atoms with Gasteiger partial charge < -0.3 is 19.6 Å². The number of likely N-dealkylation sites (tertiary alicyclic amines) is 1. The third-order valence-electron chi connectivity index (χ3n) is 4.93. The van der Waals surface area contributed by atoms with Crippen LogP contribution in [0.3, 0.4) is 0 Å². The maximum atomic E-state index is 12.2. The van der Waals surface area contributed by atoms with E-state index in [0.717, 1.165) is 76.9 Å². The Balaban J connectivity index is 0.00000261. The highest BCUT2D eigenvalue weighted by atomic mass is 127. The molecule has 0 saturated carbocycles. The van der Waals surface area contributed by atoms with E-state index in [1.807, 2.05) is 11.0 Å². The molecule has 3 heterocycles. The first-order chi connectivity index (χ1) is 12.8.